The molecule has 28 heavy (non-hydrogen) atoms. The van der Waals surface area contributed by atoms with Gasteiger partial charge in [0, 0.05) is 32.7 Å². The maximum atomic E-state index is 13.7. The quantitative estimate of drug-likeness (QED) is 0.736. The fourth-order valence-electron chi connectivity index (χ4n) is 3.73. The van der Waals surface area contributed by atoms with Gasteiger partial charge in [0.15, 0.2) is 0 Å². The summed E-state index contributed by atoms with van der Waals surface area (Å²) in [6, 6.07) is 21.2. The third kappa shape index (κ3) is 4.38. The highest BCUT2D eigenvalue weighted by Crippen LogP contribution is 2.20. The minimum Gasteiger partial charge on any atom is -0.322 e. The lowest BCUT2D eigenvalue weighted by atomic mass is 10.0. The largest absolute Gasteiger partial charge is 0.322 e. The Morgan fingerprint density at radius 2 is 1.54 bits per heavy atom. The number of nitrogens with zero attached hydrogens (tertiary/aromatic N) is 2. The minimum absolute atomic E-state index is 0.174. The summed E-state index contributed by atoms with van der Waals surface area (Å²) in [6.45, 7) is 4.68. The Morgan fingerprint density at radius 3 is 2.36 bits per heavy atom. The SMILES string of the molecule is O=C(CN1CCN(Cc2cccc3ccccc23)CC1)Nc1ccccc1F. The zero-order valence-electron chi connectivity index (χ0n) is 15.8. The van der Waals surface area contributed by atoms with Crippen LogP contribution in [0.25, 0.3) is 10.8 Å². The molecule has 0 radical (unpaired) electrons. The Balaban J connectivity index is 1.30. The van der Waals surface area contributed by atoms with Crippen molar-refractivity contribution in [3.63, 3.8) is 0 Å². The van der Waals surface area contributed by atoms with Gasteiger partial charge in [-0.3, -0.25) is 14.6 Å². The molecule has 1 saturated heterocycles. The molecular weight excluding hydrogens is 353 g/mol. The normalized spacial score (nSPS) is 15.6. The minimum atomic E-state index is -0.407. The smallest absolute Gasteiger partial charge is 0.238 e. The number of para-hydroxylation sites is 1. The first-order valence-corrected chi connectivity index (χ1v) is 9.65. The predicted octanol–water partition coefficient (Wildman–Crippen LogP) is 3.74. The molecule has 0 spiro atoms. The summed E-state index contributed by atoms with van der Waals surface area (Å²) in [5.74, 6) is -0.580. The highest BCUT2D eigenvalue weighted by molar-refractivity contribution is 5.92. The van der Waals surface area contributed by atoms with Crippen molar-refractivity contribution in [2.75, 3.05) is 38.0 Å². The van der Waals surface area contributed by atoms with Gasteiger partial charge in [0.25, 0.3) is 0 Å². The number of hydrogen-bond donors (Lipinski definition) is 1. The predicted molar refractivity (Wildman–Crippen MR) is 111 cm³/mol. The molecule has 3 aromatic rings. The lowest BCUT2D eigenvalue weighted by Crippen LogP contribution is -2.48. The fourth-order valence-corrected chi connectivity index (χ4v) is 3.73. The molecule has 0 saturated carbocycles. The lowest BCUT2D eigenvalue weighted by molar-refractivity contribution is -0.117. The van der Waals surface area contributed by atoms with E-state index in [2.05, 4.69) is 57.6 Å². The topological polar surface area (TPSA) is 35.6 Å². The average molecular weight is 377 g/mol. The van der Waals surface area contributed by atoms with Crippen molar-refractivity contribution >= 4 is 22.4 Å². The molecule has 5 heteroatoms. The van der Waals surface area contributed by atoms with Crippen molar-refractivity contribution < 1.29 is 9.18 Å². The summed E-state index contributed by atoms with van der Waals surface area (Å²) in [4.78, 5) is 16.8. The zero-order chi connectivity index (χ0) is 19.3. The molecule has 1 amide bonds. The molecular formula is C23H24FN3O. The van der Waals surface area contributed by atoms with Gasteiger partial charge in [-0.15, -0.1) is 0 Å². The molecule has 1 aliphatic heterocycles. The molecule has 0 aromatic heterocycles. The van der Waals surface area contributed by atoms with E-state index >= 15 is 0 Å². The van der Waals surface area contributed by atoms with Gasteiger partial charge in [-0.25, -0.2) is 4.39 Å². The molecule has 3 aromatic carbocycles. The highest BCUT2D eigenvalue weighted by atomic mass is 19.1. The number of piperazine rings is 1. The number of halogens is 1. The lowest BCUT2D eigenvalue weighted by Gasteiger charge is -2.34. The van der Waals surface area contributed by atoms with E-state index in [-0.39, 0.29) is 18.1 Å². The first kappa shape index (κ1) is 18.6. The summed E-state index contributed by atoms with van der Waals surface area (Å²) < 4.78 is 13.7. The molecule has 0 atom stereocenters. The van der Waals surface area contributed by atoms with Crippen LogP contribution in [0.5, 0.6) is 0 Å². The van der Waals surface area contributed by atoms with Crippen LogP contribution in [0.3, 0.4) is 0 Å². The maximum Gasteiger partial charge on any atom is 0.238 e. The second-order valence-electron chi connectivity index (χ2n) is 7.22. The molecule has 1 heterocycles. The van der Waals surface area contributed by atoms with Crippen LogP contribution >= 0.6 is 0 Å². The van der Waals surface area contributed by atoms with Crippen molar-refractivity contribution in [3.05, 3.63) is 78.1 Å². The second-order valence-corrected chi connectivity index (χ2v) is 7.22. The Labute approximate surface area is 164 Å². The number of carbonyl (C=O) groups excluding carboxylic acids is 1. The Hall–Kier alpha value is -2.76. The molecule has 0 unspecified atom stereocenters. The van der Waals surface area contributed by atoms with Crippen LogP contribution in [0, 0.1) is 5.82 Å². The Morgan fingerprint density at radius 1 is 0.857 bits per heavy atom. The third-order valence-electron chi connectivity index (χ3n) is 5.25. The van der Waals surface area contributed by atoms with Crippen LogP contribution in [-0.4, -0.2) is 48.4 Å². The number of benzene rings is 3. The molecule has 1 aliphatic rings. The standard InChI is InChI=1S/C23H24FN3O/c24-21-10-3-4-11-22(21)25-23(28)17-27-14-12-26(13-15-27)16-19-8-5-7-18-6-1-2-9-20(18)19/h1-11H,12-17H2,(H,25,28). The third-order valence-corrected chi connectivity index (χ3v) is 5.25. The molecule has 4 rings (SSSR count). The number of fused-ring (bicyclic) bond motifs is 1. The van der Waals surface area contributed by atoms with E-state index in [9.17, 15) is 9.18 Å². The van der Waals surface area contributed by atoms with Gasteiger partial charge in [0.2, 0.25) is 5.91 Å². The summed E-state index contributed by atoms with van der Waals surface area (Å²) in [6.07, 6.45) is 0. The Bertz CT molecular complexity index is 961. The van der Waals surface area contributed by atoms with Gasteiger partial charge in [-0.05, 0) is 28.5 Å². The number of nitrogens with one attached hydrogen (secondary N) is 1. The van der Waals surface area contributed by atoms with Crippen LogP contribution in [0.15, 0.2) is 66.7 Å². The summed E-state index contributed by atoms with van der Waals surface area (Å²) in [7, 11) is 0. The summed E-state index contributed by atoms with van der Waals surface area (Å²) in [5, 5.41) is 5.23. The van der Waals surface area contributed by atoms with E-state index in [0.29, 0.717) is 0 Å². The maximum absolute atomic E-state index is 13.7. The van der Waals surface area contributed by atoms with Crippen molar-refractivity contribution in [1.82, 2.24) is 9.80 Å². The number of amides is 1. The van der Waals surface area contributed by atoms with Crippen molar-refractivity contribution in [2.24, 2.45) is 0 Å². The molecule has 1 fully saturated rings. The van der Waals surface area contributed by atoms with E-state index in [1.54, 1.807) is 18.2 Å². The van der Waals surface area contributed by atoms with E-state index < -0.39 is 5.82 Å². The van der Waals surface area contributed by atoms with Gasteiger partial charge in [0.05, 0.1) is 12.2 Å². The van der Waals surface area contributed by atoms with Gasteiger partial charge in [-0.1, -0.05) is 54.6 Å². The van der Waals surface area contributed by atoms with E-state index in [4.69, 9.17) is 0 Å². The summed E-state index contributed by atoms with van der Waals surface area (Å²) >= 11 is 0. The molecule has 0 bridgehead atoms. The molecule has 144 valence electrons. The number of rotatable bonds is 5. The van der Waals surface area contributed by atoms with Crippen LogP contribution in [0.4, 0.5) is 10.1 Å². The fraction of sp³-hybridized carbons (Fsp3) is 0.261. The van der Waals surface area contributed by atoms with Gasteiger partial charge >= 0.3 is 0 Å². The van der Waals surface area contributed by atoms with Gasteiger partial charge in [0.1, 0.15) is 5.82 Å². The van der Waals surface area contributed by atoms with Gasteiger partial charge < -0.3 is 5.32 Å². The average Bonchev–Trinajstić information content (AvgIpc) is 2.71. The Kier molecular flexibility index (Phi) is 5.65. The van der Waals surface area contributed by atoms with Gasteiger partial charge in [-0.2, -0.15) is 0 Å². The van der Waals surface area contributed by atoms with Crippen LogP contribution in [0.2, 0.25) is 0 Å². The first-order valence-electron chi connectivity index (χ1n) is 9.65. The van der Waals surface area contributed by atoms with Crippen LogP contribution < -0.4 is 5.32 Å². The van der Waals surface area contributed by atoms with Crippen molar-refractivity contribution in [3.8, 4) is 0 Å². The second kappa shape index (κ2) is 8.50. The zero-order valence-corrected chi connectivity index (χ0v) is 15.8. The van der Waals surface area contributed by atoms with E-state index in [0.717, 1.165) is 32.7 Å². The summed E-state index contributed by atoms with van der Waals surface area (Å²) in [5.41, 5.74) is 1.57. The van der Waals surface area contributed by atoms with E-state index in [1.165, 1.54) is 22.4 Å². The van der Waals surface area contributed by atoms with Crippen LogP contribution in [-0.2, 0) is 11.3 Å². The molecule has 0 aliphatic carbocycles. The number of hydrogen-bond acceptors (Lipinski definition) is 3. The van der Waals surface area contributed by atoms with Crippen molar-refractivity contribution in [1.29, 1.82) is 0 Å². The number of carbonyl (C=O) groups is 1. The van der Waals surface area contributed by atoms with E-state index in [1.807, 2.05) is 0 Å². The number of anilines is 1. The highest BCUT2D eigenvalue weighted by Gasteiger charge is 2.20. The molecule has 4 nitrogen and oxygen atoms in total. The monoisotopic (exact) mass is 377 g/mol. The van der Waals surface area contributed by atoms with Crippen molar-refractivity contribution in [2.45, 2.75) is 6.54 Å². The van der Waals surface area contributed by atoms with Crippen LogP contribution in [0.1, 0.15) is 5.56 Å². The molecule has 1 N–H and O–H groups in total. The first-order chi connectivity index (χ1) is 13.7.